The fraction of sp³-hybridized carbons (Fsp3) is 0.951. The Morgan fingerprint density at radius 3 is 0.783 bits per heavy atom. The van der Waals surface area contributed by atoms with Gasteiger partial charge in [0.15, 0.2) is 0 Å². The van der Waals surface area contributed by atoms with Gasteiger partial charge in [-0.3, -0.25) is 9.59 Å². The molecule has 0 unspecified atom stereocenters. The molecule has 0 aliphatic carbocycles. The second kappa shape index (κ2) is 38.3. The van der Waals surface area contributed by atoms with E-state index in [1.807, 2.05) is 0 Å². The van der Waals surface area contributed by atoms with Crippen LogP contribution >= 0.6 is 0 Å². The lowest BCUT2D eigenvalue weighted by Gasteiger charge is -2.12. The van der Waals surface area contributed by atoms with Gasteiger partial charge in [0, 0.05) is 12.8 Å². The molecule has 0 aliphatic rings. The summed E-state index contributed by atoms with van der Waals surface area (Å²) < 4.78 is 10.3. The average Bonchev–Trinajstić information content (AvgIpc) is 3.06. The summed E-state index contributed by atoms with van der Waals surface area (Å²) in [6.07, 6.45) is 41.6. The summed E-state index contributed by atoms with van der Waals surface area (Å²) in [4.78, 5) is 23.9. The topological polar surface area (TPSA) is 72.8 Å². The first-order valence-corrected chi connectivity index (χ1v) is 20.6. The zero-order valence-corrected chi connectivity index (χ0v) is 31.1. The van der Waals surface area contributed by atoms with Gasteiger partial charge in [0.2, 0.25) is 0 Å². The highest BCUT2D eigenvalue weighted by molar-refractivity contribution is 5.69. The van der Waals surface area contributed by atoms with Gasteiger partial charge in [0.25, 0.3) is 0 Å². The van der Waals surface area contributed by atoms with Gasteiger partial charge >= 0.3 is 11.9 Å². The number of aliphatic hydroxyl groups excluding tert-OH is 1. The Hall–Kier alpha value is -1.10. The molecule has 0 rings (SSSR count). The zero-order chi connectivity index (χ0) is 33.6. The maximum Gasteiger partial charge on any atom is 0.305 e. The van der Waals surface area contributed by atoms with Crippen molar-refractivity contribution in [1.82, 2.24) is 0 Å². The van der Waals surface area contributed by atoms with Crippen LogP contribution in [0, 0.1) is 0 Å². The summed E-state index contributed by atoms with van der Waals surface area (Å²) in [5.74, 6) is -0.549. The molecule has 0 bridgehead atoms. The molecule has 0 amide bonds. The third kappa shape index (κ3) is 37.4. The number of ether oxygens (including phenoxy) is 2. The summed E-state index contributed by atoms with van der Waals surface area (Å²) in [7, 11) is 0. The molecule has 0 aliphatic heterocycles. The molecule has 274 valence electrons. The number of carbonyl (C=O) groups is 2. The van der Waals surface area contributed by atoms with Gasteiger partial charge in [-0.25, -0.2) is 0 Å². The molecule has 0 aromatic carbocycles. The van der Waals surface area contributed by atoms with Crippen LogP contribution in [0.3, 0.4) is 0 Å². The van der Waals surface area contributed by atoms with Crippen molar-refractivity contribution in [3.05, 3.63) is 0 Å². The fourth-order valence-corrected chi connectivity index (χ4v) is 6.21. The number of rotatable bonds is 38. The summed E-state index contributed by atoms with van der Waals surface area (Å²) >= 11 is 0. The van der Waals surface area contributed by atoms with Crippen molar-refractivity contribution in [2.75, 3.05) is 13.2 Å². The highest BCUT2D eigenvalue weighted by Gasteiger charge is 2.12. The maximum atomic E-state index is 12.0. The normalized spacial score (nSPS) is 12.0. The summed E-state index contributed by atoms with van der Waals surface area (Å²) in [6.45, 7) is 4.33. The molecule has 0 spiro atoms. The summed E-state index contributed by atoms with van der Waals surface area (Å²) in [5.41, 5.74) is 0. The van der Waals surface area contributed by atoms with Crippen molar-refractivity contribution in [3.63, 3.8) is 0 Å². The summed E-state index contributed by atoms with van der Waals surface area (Å²) in [6, 6.07) is 0. The van der Waals surface area contributed by atoms with Gasteiger partial charge in [-0.05, 0) is 12.8 Å². The smallest absolute Gasteiger partial charge is 0.305 e. The Morgan fingerprint density at radius 2 is 0.565 bits per heavy atom. The Morgan fingerprint density at radius 1 is 0.370 bits per heavy atom. The Bertz CT molecular complexity index is 622. The van der Waals surface area contributed by atoms with Gasteiger partial charge in [-0.1, -0.05) is 206 Å². The molecule has 0 radical (unpaired) electrons. The van der Waals surface area contributed by atoms with E-state index < -0.39 is 6.10 Å². The minimum Gasteiger partial charge on any atom is -0.463 e. The number of hydrogen-bond donors (Lipinski definition) is 1. The molecule has 0 fully saturated rings. The van der Waals surface area contributed by atoms with Crippen molar-refractivity contribution < 1.29 is 24.2 Å². The third-order valence-corrected chi connectivity index (χ3v) is 9.34. The zero-order valence-electron chi connectivity index (χ0n) is 31.1. The molecule has 5 heteroatoms. The Balaban J connectivity index is 3.36. The van der Waals surface area contributed by atoms with Crippen molar-refractivity contribution in [2.24, 2.45) is 0 Å². The fourth-order valence-electron chi connectivity index (χ4n) is 6.21. The first-order valence-electron chi connectivity index (χ1n) is 20.6. The summed E-state index contributed by atoms with van der Waals surface area (Å²) in [5, 5.41) is 10.0. The molecule has 0 aromatic rings. The molecular weight excluding hydrogens is 572 g/mol. The van der Waals surface area contributed by atoms with Gasteiger partial charge < -0.3 is 14.6 Å². The molecule has 1 atom stereocenters. The van der Waals surface area contributed by atoms with Gasteiger partial charge in [-0.2, -0.15) is 0 Å². The average molecular weight is 653 g/mol. The number of esters is 2. The minimum absolute atomic E-state index is 0.107. The highest BCUT2D eigenvalue weighted by Crippen LogP contribution is 2.16. The quantitative estimate of drug-likeness (QED) is 0.0531. The molecule has 5 nitrogen and oxygen atoms in total. The van der Waals surface area contributed by atoms with Crippen molar-refractivity contribution in [3.8, 4) is 0 Å². The van der Waals surface area contributed by atoms with Crippen LogP contribution in [0.2, 0.25) is 0 Å². The van der Waals surface area contributed by atoms with E-state index in [4.69, 9.17) is 9.47 Å². The predicted molar refractivity (Wildman–Crippen MR) is 196 cm³/mol. The minimum atomic E-state index is -0.954. The van der Waals surface area contributed by atoms with Gasteiger partial charge in [0.1, 0.15) is 19.3 Å². The molecule has 0 saturated heterocycles. The van der Waals surface area contributed by atoms with E-state index >= 15 is 0 Å². The second-order valence-corrected chi connectivity index (χ2v) is 14.1. The second-order valence-electron chi connectivity index (χ2n) is 14.1. The monoisotopic (exact) mass is 653 g/mol. The molecular formula is C41H80O5. The number of hydrogen-bond acceptors (Lipinski definition) is 5. The van der Waals surface area contributed by atoms with Gasteiger partial charge in [-0.15, -0.1) is 0 Å². The molecule has 0 saturated carbocycles. The van der Waals surface area contributed by atoms with Gasteiger partial charge in [0.05, 0.1) is 0 Å². The third-order valence-electron chi connectivity index (χ3n) is 9.34. The highest BCUT2D eigenvalue weighted by atomic mass is 16.6. The van der Waals surface area contributed by atoms with Crippen molar-refractivity contribution in [2.45, 2.75) is 238 Å². The standard InChI is InChI=1S/C41H80O5/c1-3-5-7-9-11-13-15-17-19-20-21-22-24-26-28-30-32-34-36-41(44)46-38-39(42)37-45-40(43)35-33-31-29-27-25-23-18-16-14-12-10-8-6-4-2/h39,42H,3-38H2,1-2H3/t39-/m0/s1. The predicted octanol–water partition coefficient (Wildman–Crippen LogP) is 12.7. The molecule has 0 heterocycles. The maximum absolute atomic E-state index is 12.0. The molecule has 46 heavy (non-hydrogen) atoms. The SMILES string of the molecule is CCCCCCCCCCCCCCCCCCCCC(=O)OC[C@@H](O)COC(=O)CCCCCCCCCCCCCCCC. The van der Waals surface area contributed by atoms with Crippen LogP contribution in [-0.4, -0.2) is 36.4 Å². The van der Waals surface area contributed by atoms with Crippen LogP contribution in [0.25, 0.3) is 0 Å². The molecule has 1 N–H and O–H groups in total. The van der Waals surface area contributed by atoms with Crippen LogP contribution < -0.4 is 0 Å². The van der Waals surface area contributed by atoms with Crippen LogP contribution in [0.1, 0.15) is 232 Å². The van der Waals surface area contributed by atoms with E-state index in [9.17, 15) is 14.7 Å². The van der Waals surface area contributed by atoms with Crippen LogP contribution in [-0.2, 0) is 19.1 Å². The lowest BCUT2D eigenvalue weighted by atomic mass is 10.0. The number of aliphatic hydroxyl groups is 1. The Labute approximate surface area is 287 Å². The van der Waals surface area contributed by atoms with Crippen LogP contribution in [0.15, 0.2) is 0 Å². The van der Waals surface area contributed by atoms with E-state index in [-0.39, 0.29) is 25.2 Å². The lowest BCUT2D eigenvalue weighted by molar-refractivity contribution is -0.152. The van der Waals surface area contributed by atoms with Crippen LogP contribution in [0.5, 0.6) is 0 Å². The first kappa shape index (κ1) is 44.9. The van der Waals surface area contributed by atoms with E-state index in [2.05, 4.69) is 13.8 Å². The largest absolute Gasteiger partial charge is 0.463 e. The molecule has 0 aromatic heterocycles. The first-order chi connectivity index (χ1) is 22.6. The van der Waals surface area contributed by atoms with Crippen molar-refractivity contribution in [1.29, 1.82) is 0 Å². The van der Waals surface area contributed by atoms with Crippen molar-refractivity contribution >= 4 is 11.9 Å². The van der Waals surface area contributed by atoms with E-state index in [1.54, 1.807) is 0 Å². The Kier molecular flexibility index (Phi) is 37.4. The number of carbonyl (C=O) groups excluding carboxylic acids is 2. The van der Waals surface area contributed by atoms with E-state index in [0.29, 0.717) is 12.8 Å². The van der Waals surface area contributed by atoms with E-state index in [0.717, 1.165) is 25.7 Å². The number of unbranched alkanes of at least 4 members (excludes halogenated alkanes) is 30. The van der Waals surface area contributed by atoms with E-state index in [1.165, 1.54) is 180 Å². The lowest BCUT2D eigenvalue weighted by Crippen LogP contribution is -2.25. The van der Waals surface area contributed by atoms with Crippen LogP contribution in [0.4, 0.5) is 0 Å².